The molecule has 3 rings (SSSR count). The molecule has 0 aliphatic rings. The Bertz CT molecular complexity index is 1030. The van der Waals surface area contributed by atoms with Crippen LogP contribution in [-0.2, 0) is 0 Å². The van der Waals surface area contributed by atoms with E-state index in [2.05, 4.69) is 10.3 Å². The predicted molar refractivity (Wildman–Crippen MR) is 106 cm³/mol. The van der Waals surface area contributed by atoms with E-state index in [-0.39, 0.29) is 22.7 Å². The standard InChI is InChI=1S/C19H17N3O5S/c1-11-20-15(10-28-11)12-4-6-13(7-5-12)21-19(23)14-8-17(26-2)18(27-3)9-16(14)22(24)25/h4-10H,1-3H3,(H,21,23). The van der Waals surface area contributed by atoms with Crippen LogP contribution >= 0.6 is 11.3 Å². The maximum Gasteiger partial charge on any atom is 0.286 e. The zero-order valence-electron chi connectivity index (χ0n) is 15.4. The minimum absolute atomic E-state index is 0.123. The molecule has 0 spiro atoms. The lowest BCUT2D eigenvalue weighted by Gasteiger charge is -2.11. The van der Waals surface area contributed by atoms with E-state index >= 15 is 0 Å². The molecule has 9 heteroatoms. The number of nitrogens with zero attached hydrogens (tertiary/aromatic N) is 2. The molecular weight excluding hydrogens is 382 g/mol. The van der Waals surface area contributed by atoms with Crippen LogP contribution in [0.25, 0.3) is 11.3 Å². The van der Waals surface area contributed by atoms with Crippen molar-refractivity contribution in [2.24, 2.45) is 0 Å². The number of amides is 1. The second-order valence-electron chi connectivity index (χ2n) is 5.76. The minimum atomic E-state index is -0.634. The smallest absolute Gasteiger partial charge is 0.286 e. The third-order valence-corrected chi connectivity index (χ3v) is 4.77. The zero-order chi connectivity index (χ0) is 20.3. The Morgan fingerprint density at radius 3 is 2.32 bits per heavy atom. The average molecular weight is 399 g/mol. The lowest BCUT2D eigenvalue weighted by atomic mass is 10.1. The Hall–Kier alpha value is -3.46. The molecule has 1 N–H and O–H groups in total. The van der Waals surface area contributed by atoms with E-state index in [1.54, 1.807) is 23.5 Å². The van der Waals surface area contributed by atoms with Crippen LogP contribution in [0.5, 0.6) is 11.5 Å². The summed E-state index contributed by atoms with van der Waals surface area (Å²) < 4.78 is 10.2. The van der Waals surface area contributed by atoms with Crippen LogP contribution < -0.4 is 14.8 Å². The van der Waals surface area contributed by atoms with E-state index in [0.717, 1.165) is 16.3 Å². The van der Waals surface area contributed by atoms with Gasteiger partial charge in [0.2, 0.25) is 0 Å². The van der Waals surface area contributed by atoms with Gasteiger partial charge in [0.05, 0.1) is 35.9 Å². The minimum Gasteiger partial charge on any atom is -0.493 e. The van der Waals surface area contributed by atoms with Gasteiger partial charge in [0.15, 0.2) is 11.5 Å². The van der Waals surface area contributed by atoms with Gasteiger partial charge in [-0.3, -0.25) is 14.9 Å². The van der Waals surface area contributed by atoms with E-state index in [9.17, 15) is 14.9 Å². The molecule has 0 radical (unpaired) electrons. The normalized spacial score (nSPS) is 10.4. The van der Waals surface area contributed by atoms with Crippen molar-refractivity contribution < 1.29 is 19.2 Å². The van der Waals surface area contributed by atoms with Crippen molar-refractivity contribution in [3.63, 3.8) is 0 Å². The predicted octanol–water partition coefficient (Wildman–Crippen LogP) is 4.30. The number of methoxy groups -OCH3 is 2. The molecule has 3 aromatic rings. The highest BCUT2D eigenvalue weighted by Gasteiger charge is 2.24. The Morgan fingerprint density at radius 1 is 1.14 bits per heavy atom. The number of nitrogens with one attached hydrogen (secondary N) is 1. The molecule has 0 atom stereocenters. The Morgan fingerprint density at radius 2 is 1.79 bits per heavy atom. The first-order valence-electron chi connectivity index (χ1n) is 8.17. The molecule has 0 bridgehead atoms. The number of carbonyl (C=O) groups excluding carboxylic acids is 1. The summed E-state index contributed by atoms with van der Waals surface area (Å²) in [6.45, 7) is 1.93. The number of hydrogen-bond acceptors (Lipinski definition) is 7. The number of ether oxygens (including phenoxy) is 2. The third kappa shape index (κ3) is 3.94. The summed E-state index contributed by atoms with van der Waals surface area (Å²) in [5.74, 6) is -0.217. The second-order valence-corrected chi connectivity index (χ2v) is 6.83. The van der Waals surface area contributed by atoms with Crippen LogP contribution in [0.15, 0.2) is 41.8 Å². The summed E-state index contributed by atoms with van der Waals surface area (Å²) in [6.07, 6.45) is 0. The number of hydrogen-bond donors (Lipinski definition) is 1. The van der Waals surface area contributed by atoms with Crippen molar-refractivity contribution in [3.8, 4) is 22.8 Å². The molecule has 0 aliphatic heterocycles. The first-order chi connectivity index (χ1) is 13.4. The molecule has 0 fully saturated rings. The maximum absolute atomic E-state index is 12.6. The number of aromatic nitrogens is 1. The number of rotatable bonds is 6. The molecule has 8 nitrogen and oxygen atoms in total. The molecule has 1 heterocycles. The largest absolute Gasteiger partial charge is 0.493 e. The van der Waals surface area contributed by atoms with Gasteiger partial charge in [0, 0.05) is 22.7 Å². The fourth-order valence-electron chi connectivity index (χ4n) is 2.62. The van der Waals surface area contributed by atoms with Crippen LogP contribution in [0.3, 0.4) is 0 Å². The van der Waals surface area contributed by atoms with Crippen LogP contribution in [0.2, 0.25) is 0 Å². The van der Waals surface area contributed by atoms with E-state index in [1.165, 1.54) is 26.4 Å². The lowest BCUT2D eigenvalue weighted by Crippen LogP contribution is -2.14. The topological polar surface area (TPSA) is 104 Å². The molecule has 0 unspecified atom stereocenters. The summed E-state index contributed by atoms with van der Waals surface area (Å²) in [5.41, 5.74) is 1.78. The number of benzene rings is 2. The Kier molecular flexibility index (Phi) is 5.55. The number of anilines is 1. The highest BCUT2D eigenvalue weighted by molar-refractivity contribution is 7.09. The van der Waals surface area contributed by atoms with Gasteiger partial charge < -0.3 is 14.8 Å². The van der Waals surface area contributed by atoms with Gasteiger partial charge in [0.1, 0.15) is 5.56 Å². The van der Waals surface area contributed by atoms with Crippen LogP contribution in [0.1, 0.15) is 15.4 Å². The fourth-order valence-corrected chi connectivity index (χ4v) is 3.24. The SMILES string of the molecule is COc1cc(C(=O)Nc2ccc(-c3csc(C)n3)cc2)c([N+](=O)[O-])cc1OC. The van der Waals surface area contributed by atoms with Crippen LogP contribution in [0.4, 0.5) is 11.4 Å². The van der Waals surface area contributed by atoms with Crippen molar-refractivity contribution in [1.29, 1.82) is 0 Å². The molecule has 28 heavy (non-hydrogen) atoms. The van der Waals surface area contributed by atoms with Gasteiger partial charge in [-0.1, -0.05) is 12.1 Å². The highest BCUT2D eigenvalue weighted by atomic mass is 32.1. The summed E-state index contributed by atoms with van der Waals surface area (Å²) in [7, 11) is 2.76. The van der Waals surface area contributed by atoms with Crippen molar-refractivity contribution >= 4 is 28.6 Å². The van der Waals surface area contributed by atoms with E-state index in [4.69, 9.17) is 9.47 Å². The summed E-state index contributed by atoms with van der Waals surface area (Å²) in [6, 6.07) is 9.55. The van der Waals surface area contributed by atoms with Crippen LogP contribution in [0, 0.1) is 17.0 Å². The van der Waals surface area contributed by atoms with Crippen molar-refractivity contribution in [3.05, 3.63) is 62.5 Å². The molecule has 1 amide bonds. The van der Waals surface area contributed by atoms with Gasteiger partial charge in [-0.25, -0.2) is 4.98 Å². The van der Waals surface area contributed by atoms with Gasteiger partial charge >= 0.3 is 0 Å². The van der Waals surface area contributed by atoms with E-state index in [1.807, 2.05) is 24.4 Å². The number of nitro benzene ring substituents is 1. The molecule has 1 aromatic heterocycles. The number of nitro groups is 1. The van der Waals surface area contributed by atoms with E-state index < -0.39 is 10.8 Å². The number of carbonyl (C=O) groups is 1. The van der Waals surface area contributed by atoms with Crippen molar-refractivity contribution in [2.45, 2.75) is 6.92 Å². The Balaban J connectivity index is 1.87. The molecule has 0 saturated carbocycles. The Labute approximate surface area is 164 Å². The molecule has 0 aliphatic carbocycles. The summed E-state index contributed by atoms with van der Waals surface area (Å²) in [5, 5.41) is 17.0. The van der Waals surface area contributed by atoms with Crippen molar-refractivity contribution in [2.75, 3.05) is 19.5 Å². The summed E-state index contributed by atoms with van der Waals surface area (Å²) >= 11 is 1.56. The molecule has 144 valence electrons. The number of aryl methyl sites for hydroxylation is 1. The number of thiazole rings is 1. The quantitative estimate of drug-likeness (QED) is 0.490. The highest BCUT2D eigenvalue weighted by Crippen LogP contribution is 2.35. The van der Waals surface area contributed by atoms with Crippen LogP contribution in [-0.4, -0.2) is 30.0 Å². The van der Waals surface area contributed by atoms with Gasteiger partial charge in [0.25, 0.3) is 11.6 Å². The molecule has 0 saturated heterocycles. The maximum atomic E-state index is 12.6. The zero-order valence-corrected chi connectivity index (χ0v) is 16.2. The average Bonchev–Trinajstić information content (AvgIpc) is 3.13. The first kappa shape index (κ1) is 19.3. The fraction of sp³-hybridized carbons (Fsp3) is 0.158. The summed E-state index contributed by atoms with van der Waals surface area (Å²) in [4.78, 5) is 27.8. The second kappa shape index (κ2) is 8.05. The van der Waals surface area contributed by atoms with Gasteiger partial charge in [-0.15, -0.1) is 11.3 Å². The van der Waals surface area contributed by atoms with E-state index in [0.29, 0.717) is 5.69 Å². The van der Waals surface area contributed by atoms with Crippen molar-refractivity contribution in [1.82, 2.24) is 4.98 Å². The molecule has 2 aromatic carbocycles. The van der Waals surface area contributed by atoms with Gasteiger partial charge in [-0.2, -0.15) is 0 Å². The molecular formula is C19H17N3O5S. The third-order valence-electron chi connectivity index (χ3n) is 4.00. The lowest BCUT2D eigenvalue weighted by molar-refractivity contribution is -0.385. The first-order valence-corrected chi connectivity index (χ1v) is 9.05. The van der Waals surface area contributed by atoms with Gasteiger partial charge in [-0.05, 0) is 19.1 Å². The monoisotopic (exact) mass is 399 g/mol.